The van der Waals surface area contributed by atoms with E-state index in [0.29, 0.717) is 44.2 Å². The molecule has 1 aliphatic rings. The Morgan fingerprint density at radius 1 is 1.42 bits per heavy atom. The number of hydrogen-bond acceptors (Lipinski definition) is 3. The average Bonchev–Trinajstić information content (AvgIpc) is 2.33. The largest absolute Gasteiger partial charge is 0.388 e. The van der Waals surface area contributed by atoms with Crippen LogP contribution < -0.4 is 0 Å². The maximum atomic E-state index is 13.0. The molecule has 1 aliphatic heterocycles. The third-order valence-corrected chi connectivity index (χ3v) is 3.79. The zero-order valence-corrected chi connectivity index (χ0v) is 11.8. The Labute approximate surface area is 117 Å². The summed E-state index contributed by atoms with van der Waals surface area (Å²) in [5.74, 6) is -0.334. The van der Waals surface area contributed by atoms with E-state index in [1.807, 2.05) is 11.9 Å². The van der Waals surface area contributed by atoms with Crippen LogP contribution in [0.1, 0.15) is 18.4 Å². The van der Waals surface area contributed by atoms with Gasteiger partial charge in [0.1, 0.15) is 5.82 Å². The van der Waals surface area contributed by atoms with E-state index in [-0.39, 0.29) is 5.82 Å². The van der Waals surface area contributed by atoms with Crippen molar-refractivity contribution in [2.45, 2.75) is 25.0 Å². The van der Waals surface area contributed by atoms with E-state index in [1.165, 1.54) is 12.1 Å². The average molecular weight is 288 g/mol. The first-order valence-corrected chi connectivity index (χ1v) is 6.79. The number of halogens is 2. The van der Waals surface area contributed by atoms with Crippen LogP contribution in [-0.4, -0.2) is 42.4 Å². The summed E-state index contributed by atoms with van der Waals surface area (Å²) >= 11 is 6.00. The topological polar surface area (TPSA) is 32.7 Å². The first-order chi connectivity index (χ1) is 8.98. The molecule has 1 aromatic rings. The summed E-state index contributed by atoms with van der Waals surface area (Å²) in [6.45, 7) is 2.34. The maximum Gasteiger partial charge on any atom is 0.124 e. The quantitative estimate of drug-likeness (QED) is 0.923. The molecule has 0 aromatic heterocycles. The summed E-state index contributed by atoms with van der Waals surface area (Å²) in [7, 11) is 1.92. The lowest BCUT2D eigenvalue weighted by molar-refractivity contribution is -0.0777. The van der Waals surface area contributed by atoms with Gasteiger partial charge in [-0.1, -0.05) is 17.7 Å². The molecule has 0 saturated carbocycles. The standard InChI is InChI=1S/C14H19ClFNO2/c1-17(10-14(18)4-6-19-7-5-14)9-11-2-3-12(16)8-13(11)15/h2-3,8,18H,4-7,9-10H2,1H3. The van der Waals surface area contributed by atoms with E-state index in [1.54, 1.807) is 6.07 Å². The molecule has 0 unspecified atom stereocenters. The summed E-state index contributed by atoms with van der Waals surface area (Å²) in [5.41, 5.74) is 0.167. The van der Waals surface area contributed by atoms with Gasteiger partial charge in [-0.05, 0) is 24.7 Å². The Hall–Kier alpha value is -0.680. The van der Waals surface area contributed by atoms with Gasteiger partial charge >= 0.3 is 0 Å². The van der Waals surface area contributed by atoms with Gasteiger partial charge < -0.3 is 9.84 Å². The molecule has 0 radical (unpaired) electrons. The Morgan fingerprint density at radius 3 is 2.74 bits per heavy atom. The van der Waals surface area contributed by atoms with Gasteiger partial charge in [0, 0.05) is 44.2 Å². The molecule has 0 aliphatic carbocycles. The van der Waals surface area contributed by atoms with E-state index in [0.717, 1.165) is 5.56 Å². The van der Waals surface area contributed by atoms with Crippen LogP contribution in [0.15, 0.2) is 18.2 Å². The fourth-order valence-electron chi connectivity index (χ4n) is 2.41. The minimum Gasteiger partial charge on any atom is -0.388 e. The van der Waals surface area contributed by atoms with Crippen molar-refractivity contribution in [2.75, 3.05) is 26.8 Å². The van der Waals surface area contributed by atoms with Gasteiger partial charge in [-0.3, -0.25) is 4.90 Å². The van der Waals surface area contributed by atoms with Crippen molar-refractivity contribution in [3.8, 4) is 0 Å². The van der Waals surface area contributed by atoms with Crippen molar-refractivity contribution >= 4 is 11.6 Å². The van der Waals surface area contributed by atoms with E-state index in [2.05, 4.69) is 0 Å². The van der Waals surface area contributed by atoms with Gasteiger partial charge in [-0.15, -0.1) is 0 Å². The van der Waals surface area contributed by atoms with Crippen molar-refractivity contribution in [2.24, 2.45) is 0 Å². The molecule has 1 saturated heterocycles. The van der Waals surface area contributed by atoms with Crippen molar-refractivity contribution < 1.29 is 14.2 Å². The van der Waals surface area contributed by atoms with Crippen LogP contribution in [0.25, 0.3) is 0 Å². The van der Waals surface area contributed by atoms with Gasteiger partial charge in [0.25, 0.3) is 0 Å². The molecular weight excluding hydrogens is 269 g/mol. The highest BCUT2D eigenvalue weighted by Gasteiger charge is 2.31. The Balaban J connectivity index is 1.95. The SMILES string of the molecule is CN(Cc1ccc(F)cc1Cl)CC1(O)CCOCC1. The van der Waals surface area contributed by atoms with Gasteiger partial charge in [0.05, 0.1) is 5.60 Å². The Morgan fingerprint density at radius 2 is 2.11 bits per heavy atom. The summed E-state index contributed by atoms with van der Waals surface area (Å²) < 4.78 is 18.2. The normalized spacial score (nSPS) is 18.8. The highest BCUT2D eigenvalue weighted by atomic mass is 35.5. The van der Waals surface area contributed by atoms with E-state index >= 15 is 0 Å². The number of aliphatic hydroxyl groups is 1. The number of rotatable bonds is 4. The monoisotopic (exact) mass is 287 g/mol. The molecule has 0 spiro atoms. The second-order valence-corrected chi connectivity index (χ2v) is 5.65. The maximum absolute atomic E-state index is 13.0. The fraction of sp³-hybridized carbons (Fsp3) is 0.571. The van der Waals surface area contributed by atoms with Crippen LogP contribution in [0.4, 0.5) is 4.39 Å². The number of likely N-dealkylation sites (N-methyl/N-ethyl adjacent to an activating group) is 1. The molecule has 0 bridgehead atoms. The predicted molar refractivity (Wildman–Crippen MR) is 72.7 cm³/mol. The Bertz CT molecular complexity index is 435. The van der Waals surface area contributed by atoms with Gasteiger partial charge in [0.15, 0.2) is 0 Å². The van der Waals surface area contributed by atoms with Crippen molar-refractivity contribution in [1.29, 1.82) is 0 Å². The van der Waals surface area contributed by atoms with Crippen LogP contribution in [0.5, 0.6) is 0 Å². The number of ether oxygens (including phenoxy) is 1. The number of benzene rings is 1. The molecule has 1 aromatic carbocycles. The molecule has 3 nitrogen and oxygen atoms in total. The van der Waals surface area contributed by atoms with Crippen molar-refractivity contribution in [3.05, 3.63) is 34.6 Å². The summed E-state index contributed by atoms with van der Waals surface area (Å²) in [6.07, 6.45) is 1.29. The van der Waals surface area contributed by atoms with Crippen molar-refractivity contribution in [1.82, 2.24) is 4.90 Å². The molecule has 2 rings (SSSR count). The van der Waals surface area contributed by atoms with Gasteiger partial charge in [-0.25, -0.2) is 4.39 Å². The highest BCUT2D eigenvalue weighted by molar-refractivity contribution is 6.31. The number of nitrogens with zero attached hydrogens (tertiary/aromatic N) is 1. The molecular formula is C14H19ClFNO2. The zero-order valence-electron chi connectivity index (χ0n) is 11.0. The lowest BCUT2D eigenvalue weighted by atomic mass is 9.94. The molecule has 1 heterocycles. The third kappa shape index (κ3) is 4.14. The van der Waals surface area contributed by atoms with Crippen LogP contribution in [-0.2, 0) is 11.3 Å². The lowest BCUT2D eigenvalue weighted by Gasteiger charge is -2.35. The summed E-state index contributed by atoms with van der Waals surface area (Å²) in [6, 6.07) is 4.40. The molecule has 0 amide bonds. The molecule has 1 fully saturated rings. The molecule has 0 atom stereocenters. The van der Waals surface area contributed by atoms with E-state index < -0.39 is 5.60 Å². The number of hydrogen-bond donors (Lipinski definition) is 1. The first-order valence-electron chi connectivity index (χ1n) is 6.41. The molecule has 5 heteroatoms. The molecule has 1 N–H and O–H groups in total. The zero-order chi connectivity index (χ0) is 13.9. The summed E-state index contributed by atoms with van der Waals surface area (Å²) in [4.78, 5) is 2.00. The minimum absolute atomic E-state index is 0.334. The summed E-state index contributed by atoms with van der Waals surface area (Å²) in [5, 5.41) is 10.8. The molecule has 106 valence electrons. The fourth-order valence-corrected chi connectivity index (χ4v) is 2.64. The first kappa shape index (κ1) is 14.7. The lowest BCUT2D eigenvalue weighted by Crippen LogP contribution is -2.45. The van der Waals surface area contributed by atoms with Crippen LogP contribution in [0, 0.1) is 5.82 Å². The predicted octanol–water partition coefficient (Wildman–Crippen LogP) is 2.45. The smallest absolute Gasteiger partial charge is 0.124 e. The van der Waals surface area contributed by atoms with Crippen LogP contribution >= 0.6 is 11.6 Å². The van der Waals surface area contributed by atoms with Crippen LogP contribution in [0.3, 0.4) is 0 Å². The second kappa shape index (κ2) is 6.18. The van der Waals surface area contributed by atoms with Crippen LogP contribution in [0.2, 0.25) is 5.02 Å². The highest BCUT2D eigenvalue weighted by Crippen LogP contribution is 2.23. The Kier molecular flexibility index (Phi) is 4.79. The van der Waals surface area contributed by atoms with Crippen molar-refractivity contribution in [3.63, 3.8) is 0 Å². The minimum atomic E-state index is -0.695. The second-order valence-electron chi connectivity index (χ2n) is 5.24. The van der Waals surface area contributed by atoms with Gasteiger partial charge in [0.2, 0.25) is 0 Å². The van der Waals surface area contributed by atoms with Gasteiger partial charge in [-0.2, -0.15) is 0 Å². The van der Waals surface area contributed by atoms with E-state index in [4.69, 9.17) is 16.3 Å². The van der Waals surface area contributed by atoms with E-state index in [9.17, 15) is 9.50 Å². The molecule has 19 heavy (non-hydrogen) atoms. The third-order valence-electron chi connectivity index (χ3n) is 3.44.